The van der Waals surface area contributed by atoms with Gasteiger partial charge in [0.2, 0.25) is 0 Å². The standard InChI is InChI=1S/C23H21N3O/c1-2-11-24-17-12-16(15-27)13-18(14-17)25-23-19-7-3-5-9-21(19)26-22-10-6-4-8-20(22)23/h3-14,27H,2,15H2,1H3,(H,25,26)/b24-11+. The lowest BCUT2D eigenvalue weighted by atomic mass is 10.1. The van der Waals surface area contributed by atoms with Gasteiger partial charge in [0.15, 0.2) is 0 Å². The van der Waals surface area contributed by atoms with E-state index in [1.54, 1.807) is 0 Å². The Morgan fingerprint density at radius 1 is 0.963 bits per heavy atom. The average molecular weight is 355 g/mol. The first kappa shape index (κ1) is 17.2. The van der Waals surface area contributed by atoms with Crippen molar-refractivity contribution in [2.24, 2.45) is 4.99 Å². The molecule has 0 saturated carbocycles. The molecule has 0 bridgehead atoms. The highest BCUT2D eigenvalue weighted by Gasteiger charge is 2.10. The van der Waals surface area contributed by atoms with Crippen LogP contribution in [0.5, 0.6) is 0 Å². The summed E-state index contributed by atoms with van der Waals surface area (Å²) in [5.41, 5.74) is 5.45. The van der Waals surface area contributed by atoms with Crippen LogP contribution in [0.3, 0.4) is 0 Å². The smallest absolute Gasteiger partial charge is 0.0730 e. The fourth-order valence-corrected chi connectivity index (χ4v) is 3.23. The summed E-state index contributed by atoms with van der Waals surface area (Å²) in [6, 6.07) is 22.1. The van der Waals surface area contributed by atoms with Gasteiger partial charge in [0, 0.05) is 22.7 Å². The molecule has 0 saturated heterocycles. The Balaban J connectivity index is 1.88. The van der Waals surface area contributed by atoms with Crippen molar-refractivity contribution in [2.45, 2.75) is 20.0 Å². The van der Waals surface area contributed by atoms with E-state index in [9.17, 15) is 5.11 Å². The van der Waals surface area contributed by atoms with Gasteiger partial charge in [-0.1, -0.05) is 43.3 Å². The molecule has 2 N–H and O–H groups in total. The maximum Gasteiger partial charge on any atom is 0.0730 e. The van der Waals surface area contributed by atoms with Crippen LogP contribution in [0.15, 0.2) is 71.7 Å². The maximum atomic E-state index is 9.63. The average Bonchev–Trinajstić information content (AvgIpc) is 2.72. The number of hydrogen-bond donors (Lipinski definition) is 2. The number of aliphatic imine (C=N–C) groups is 1. The summed E-state index contributed by atoms with van der Waals surface area (Å²) in [4.78, 5) is 9.24. The van der Waals surface area contributed by atoms with Crippen LogP contribution >= 0.6 is 0 Å². The minimum Gasteiger partial charge on any atom is -0.392 e. The molecule has 4 nitrogen and oxygen atoms in total. The molecule has 1 heterocycles. The summed E-state index contributed by atoms with van der Waals surface area (Å²) < 4.78 is 0. The molecule has 0 aliphatic rings. The largest absolute Gasteiger partial charge is 0.392 e. The quantitative estimate of drug-likeness (QED) is 0.355. The Morgan fingerprint density at radius 2 is 1.63 bits per heavy atom. The Kier molecular flexibility index (Phi) is 4.81. The number of pyridine rings is 1. The van der Waals surface area contributed by atoms with Crippen LogP contribution in [-0.2, 0) is 6.61 Å². The Bertz CT molecular complexity index is 1080. The predicted molar refractivity (Wildman–Crippen MR) is 113 cm³/mol. The number of aliphatic hydroxyl groups is 1. The van der Waals surface area contributed by atoms with Crippen LogP contribution in [0.4, 0.5) is 17.1 Å². The lowest BCUT2D eigenvalue weighted by Crippen LogP contribution is -1.96. The highest BCUT2D eigenvalue weighted by molar-refractivity contribution is 6.08. The molecule has 3 aromatic carbocycles. The van der Waals surface area contributed by atoms with E-state index < -0.39 is 0 Å². The monoisotopic (exact) mass is 355 g/mol. The van der Waals surface area contributed by atoms with Gasteiger partial charge in [0.05, 0.1) is 29.0 Å². The fourth-order valence-electron chi connectivity index (χ4n) is 3.23. The minimum absolute atomic E-state index is 0.0258. The number of hydrogen-bond acceptors (Lipinski definition) is 4. The van der Waals surface area contributed by atoms with Crippen LogP contribution in [0.25, 0.3) is 21.8 Å². The molecule has 0 aliphatic carbocycles. The van der Waals surface area contributed by atoms with Crippen LogP contribution in [0.2, 0.25) is 0 Å². The van der Waals surface area contributed by atoms with Crippen molar-refractivity contribution in [3.05, 3.63) is 72.3 Å². The number of para-hydroxylation sites is 2. The molecule has 0 atom stereocenters. The zero-order valence-corrected chi connectivity index (χ0v) is 15.2. The van der Waals surface area contributed by atoms with Crippen molar-refractivity contribution < 1.29 is 5.11 Å². The van der Waals surface area contributed by atoms with Gasteiger partial charge in [-0.05, 0) is 42.3 Å². The summed E-state index contributed by atoms with van der Waals surface area (Å²) in [6.45, 7) is 2.02. The normalized spacial score (nSPS) is 11.5. The van der Waals surface area contributed by atoms with E-state index >= 15 is 0 Å². The molecule has 0 fully saturated rings. The van der Waals surface area contributed by atoms with Crippen molar-refractivity contribution >= 4 is 45.1 Å². The van der Waals surface area contributed by atoms with Gasteiger partial charge in [-0.2, -0.15) is 0 Å². The molecule has 0 spiro atoms. The molecule has 0 unspecified atom stereocenters. The molecule has 4 rings (SSSR count). The van der Waals surface area contributed by atoms with Gasteiger partial charge >= 0.3 is 0 Å². The summed E-state index contributed by atoms with van der Waals surface area (Å²) in [7, 11) is 0. The third-order valence-corrected chi connectivity index (χ3v) is 4.44. The van der Waals surface area contributed by atoms with E-state index in [2.05, 4.69) is 22.4 Å². The predicted octanol–water partition coefficient (Wildman–Crippen LogP) is 5.74. The zero-order chi connectivity index (χ0) is 18.6. The fraction of sp³-hybridized carbons (Fsp3) is 0.130. The molecule has 0 aliphatic heterocycles. The van der Waals surface area contributed by atoms with E-state index in [0.717, 1.165) is 50.9 Å². The molecular weight excluding hydrogens is 334 g/mol. The van der Waals surface area contributed by atoms with Crippen molar-refractivity contribution in [3.63, 3.8) is 0 Å². The SMILES string of the molecule is CC/C=N/c1cc(CO)cc(Nc2c3ccccc3nc3ccccc23)c1. The van der Waals surface area contributed by atoms with Crippen LogP contribution in [0.1, 0.15) is 18.9 Å². The number of benzene rings is 3. The number of nitrogens with zero attached hydrogens (tertiary/aromatic N) is 2. The van der Waals surface area contributed by atoms with Crippen molar-refractivity contribution in [3.8, 4) is 0 Å². The van der Waals surface area contributed by atoms with Gasteiger partial charge in [-0.3, -0.25) is 4.99 Å². The maximum absolute atomic E-state index is 9.63. The van der Waals surface area contributed by atoms with Gasteiger partial charge in [0.25, 0.3) is 0 Å². The van der Waals surface area contributed by atoms with E-state index in [-0.39, 0.29) is 6.61 Å². The second kappa shape index (κ2) is 7.56. The molecule has 4 heteroatoms. The topological polar surface area (TPSA) is 57.5 Å². The van der Waals surface area contributed by atoms with Crippen molar-refractivity contribution in [1.82, 2.24) is 4.98 Å². The van der Waals surface area contributed by atoms with Crippen LogP contribution in [0, 0.1) is 0 Å². The highest BCUT2D eigenvalue weighted by Crippen LogP contribution is 2.34. The third-order valence-electron chi connectivity index (χ3n) is 4.44. The van der Waals surface area contributed by atoms with Gasteiger partial charge in [0.1, 0.15) is 0 Å². The second-order valence-electron chi connectivity index (χ2n) is 6.41. The first-order valence-corrected chi connectivity index (χ1v) is 9.10. The number of fused-ring (bicyclic) bond motifs is 2. The van der Waals surface area contributed by atoms with E-state index in [4.69, 9.17) is 4.98 Å². The number of rotatable bonds is 5. The zero-order valence-electron chi connectivity index (χ0n) is 15.2. The highest BCUT2D eigenvalue weighted by atomic mass is 16.3. The van der Waals surface area contributed by atoms with Crippen LogP contribution in [-0.4, -0.2) is 16.3 Å². The lowest BCUT2D eigenvalue weighted by Gasteiger charge is -2.14. The first-order valence-electron chi connectivity index (χ1n) is 9.10. The van der Waals surface area contributed by atoms with E-state index in [1.807, 2.05) is 67.7 Å². The molecule has 0 radical (unpaired) electrons. The lowest BCUT2D eigenvalue weighted by molar-refractivity contribution is 0.282. The molecule has 134 valence electrons. The van der Waals surface area contributed by atoms with Gasteiger partial charge in [-0.25, -0.2) is 4.98 Å². The minimum atomic E-state index is -0.0258. The van der Waals surface area contributed by atoms with Gasteiger partial charge in [-0.15, -0.1) is 0 Å². The number of anilines is 2. The van der Waals surface area contributed by atoms with Gasteiger partial charge < -0.3 is 10.4 Å². The summed E-state index contributed by atoms with van der Waals surface area (Å²) in [6.07, 6.45) is 2.74. The Morgan fingerprint density at radius 3 is 2.26 bits per heavy atom. The molecule has 1 aromatic heterocycles. The summed E-state index contributed by atoms with van der Waals surface area (Å²) in [5, 5.41) is 15.3. The number of nitrogens with one attached hydrogen (secondary N) is 1. The Hall–Kier alpha value is -3.24. The molecule has 27 heavy (non-hydrogen) atoms. The van der Waals surface area contributed by atoms with E-state index in [0.29, 0.717) is 0 Å². The van der Waals surface area contributed by atoms with Crippen molar-refractivity contribution in [2.75, 3.05) is 5.32 Å². The van der Waals surface area contributed by atoms with Crippen molar-refractivity contribution in [1.29, 1.82) is 0 Å². The summed E-state index contributed by atoms with van der Waals surface area (Å²) >= 11 is 0. The molecular formula is C23H21N3O. The van der Waals surface area contributed by atoms with E-state index in [1.165, 1.54) is 0 Å². The molecule has 4 aromatic rings. The number of aliphatic hydroxyl groups excluding tert-OH is 1. The Labute approximate surface area is 158 Å². The summed E-state index contributed by atoms with van der Waals surface area (Å²) in [5.74, 6) is 0. The second-order valence-corrected chi connectivity index (χ2v) is 6.41. The number of aromatic nitrogens is 1. The van der Waals surface area contributed by atoms with Crippen LogP contribution < -0.4 is 5.32 Å². The third kappa shape index (κ3) is 3.52. The first-order chi connectivity index (χ1) is 13.3. The molecule has 0 amide bonds.